The average Bonchev–Trinajstić information content (AvgIpc) is 3.52. The number of halogens is 1. The Morgan fingerprint density at radius 1 is 1.03 bits per heavy atom. The summed E-state index contributed by atoms with van der Waals surface area (Å²) < 4.78 is 29.6. The molecular formula is C26H25ClN7O2S+. The molecule has 2 aromatic carbocycles. The molecule has 0 atom stereocenters. The Kier molecular flexibility index (Phi) is 6.86. The van der Waals surface area contributed by atoms with Crippen LogP contribution in [0.3, 0.4) is 0 Å². The molecule has 11 heteroatoms. The Morgan fingerprint density at radius 2 is 1.78 bits per heavy atom. The molecule has 0 aliphatic rings. The molecule has 0 saturated heterocycles. The van der Waals surface area contributed by atoms with Gasteiger partial charge < -0.3 is 0 Å². The first kappa shape index (κ1) is 24.8. The maximum atomic E-state index is 12.6. The molecule has 1 N–H and O–H groups in total. The van der Waals surface area contributed by atoms with Crippen molar-refractivity contribution in [1.29, 1.82) is 5.53 Å². The third kappa shape index (κ3) is 5.03. The summed E-state index contributed by atoms with van der Waals surface area (Å²) in [7, 11) is -3.83. The highest BCUT2D eigenvalue weighted by Crippen LogP contribution is 2.32. The van der Waals surface area contributed by atoms with Crippen LogP contribution >= 0.6 is 11.6 Å². The second kappa shape index (κ2) is 10.2. The van der Waals surface area contributed by atoms with Crippen LogP contribution in [-0.2, 0) is 16.6 Å². The zero-order valence-corrected chi connectivity index (χ0v) is 21.7. The van der Waals surface area contributed by atoms with Gasteiger partial charge in [0.25, 0.3) is 0 Å². The van der Waals surface area contributed by atoms with Gasteiger partial charge in [-0.05, 0) is 51.6 Å². The van der Waals surface area contributed by atoms with Gasteiger partial charge in [0.2, 0.25) is 0 Å². The number of nitrogens with one attached hydrogen (secondary N) is 1. The standard InChI is InChI=1S/C26H25ClN7O2S/c1-2-3-16-34(28)37(35,36)22-13-7-19(8-14-22)17-32-18-23(30-31-32)26-25(20-9-11-21(27)12-10-20)29-24-6-4-5-15-33(24)26/h4-15,18,28H,2-3,16-17H2,1H3/q+1. The summed E-state index contributed by atoms with van der Waals surface area (Å²) >= 11 is 6.09. The number of hydrogen-bond donors (Lipinski definition) is 1. The van der Waals surface area contributed by atoms with Crippen molar-refractivity contribution in [2.75, 3.05) is 6.54 Å². The predicted octanol–water partition coefficient (Wildman–Crippen LogP) is 5.49. The molecule has 3 aromatic heterocycles. The number of hydrogen-bond acceptors (Lipinski definition) is 6. The number of fused-ring (bicyclic) bond motifs is 1. The number of pyridine rings is 1. The second-order valence-corrected chi connectivity index (χ2v) is 10.9. The van der Waals surface area contributed by atoms with Crippen molar-refractivity contribution in [2.24, 2.45) is 0 Å². The molecule has 0 aliphatic carbocycles. The molecule has 0 radical (unpaired) electrons. The number of imidazole rings is 1. The molecule has 0 amide bonds. The number of nitrogens with zero attached hydrogens (tertiary/aromatic N) is 6. The van der Waals surface area contributed by atoms with E-state index in [1.165, 1.54) is 12.1 Å². The van der Waals surface area contributed by atoms with Crippen LogP contribution in [-0.4, -0.2) is 43.4 Å². The molecule has 5 aromatic rings. The summed E-state index contributed by atoms with van der Waals surface area (Å²) in [5.41, 5.74) is 12.7. The third-order valence-corrected chi connectivity index (χ3v) is 7.88. The Bertz CT molecular complexity index is 1670. The fraction of sp³-hybridized carbons (Fsp3) is 0.192. The lowest BCUT2D eigenvalue weighted by atomic mass is 10.1. The van der Waals surface area contributed by atoms with E-state index in [9.17, 15) is 8.42 Å². The van der Waals surface area contributed by atoms with Crippen molar-refractivity contribution >= 4 is 27.3 Å². The summed E-state index contributed by atoms with van der Waals surface area (Å²) in [6.45, 7) is 2.53. The number of benzene rings is 2. The summed E-state index contributed by atoms with van der Waals surface area (Å²) in [5, 5.41) is 9.37. The number of unbranched alkanes of at least 4 members (excludes halogenated alkanes) is 1. The van der Waals surface area contributed by atoms with Crippen molar-refractivity contribution in [1.82, 2.24) is 24.4 Å². The average molecular weight is 535 g/mol. The van der Waals surface area contributed by atoms with Crippen LogP contribution in [0, 0.1) is 5.53 Å². The van der Waals surface area contributed by atoms with Gasteiger partial charge in [-0.1, -0.05) is 60.5 Å². The number of aromatic nitrogens is 5. The molecule has 0 fully saturated rings. The van der Waals surface area contributed by atoms with Crippen molar-refractivity contribution in [3.05, 3.63) is 89.7 Å². The summed E-state index contributed by atoms with van der Waals surface area (Å²) in [5.74, 6) is 0. The van der Waals surface area contributed by atoms with E-state index in [0.717, 1.165) is 34.6 Å². The zero-order valence-electron chi connectivity index (χ0n) is 20.1. The van der Waals surface area contributed by atoms with E-state index in [0.29, 0.717) is 27.8 Å². The molecule has 0 aliphatic heterocycles. The molecule has 5 rings (SSSR count). The molecule has 0 saturated carbocycles. The van der Waals surface area contributed by atoms with Gasteiger partial charge in [-0.2, -0.15) is 8.42 Å². The van der Waals surface area contributed by atoms with Crippen LogP contribution in [0.15, 0.2) is 84.0 Å². The molecule has 0 bridgehead atoms. The molecular weight excluding hydrogens is 510 g/mol. The highest BCUT2D eigenvalue weighted by molar-refractivity contribution is 7.85. The van der Waals surface area contributed by atoms with Crippen molar-refractivity contribution in [2.45, 2.75) is 31.2 Å². The maximum absolute atomic E-state index is 12.6. The topological polar surface area (TPSA) is 109 Å². The van der Waals surface area contributed by atoms with Gasteiger partial charge in [-0.25, -0.2) is 9.67 Å². The monoisotopic (exact) mass is 534 g/mol. The number of rotatable bonds is 9. The Morgan fingerprint density at radius 3 is 2.51 bits per heavy atom. The van der Waals surface area contributed by atoms with Gasteiger partial charge in [0.1, 0.15) is 21.9 Å². The Balaban J connectivity index is 1.42. The van der Waals surface area contributed by atoms with E-state index >= 15 is 0 Å². The first-order valence-corrected chi connectivity index (χ1v) is 13.6. The lowest BCUT2D eigenvalue weighted by molar-refractivity contribution is -0.467. The molecule has 0 spiro atoms. The van der Waals surface area contributed by atoms with Crippen LogP contribution in [0.1, 0.15) is 25.3 Å². The minimum Gasteiger partial charge on any atom is -0.298 e. The summed E-state index contributed by atoms with van der Waals surface area (Å²) in [4.78, 5) is 4.91. The lowest BCUT2D eigenvalue weighted by Gasteiger charge is -2.04. The first-order chi connectivity index (χ1) is 17.9. The van der Waals surface area contributed by atoms with Crippen LogP contribution in [0.4, 0.5) is 0 Å². The van der Waals surface area contributed by atoms with E-state index in [4.69, 9.17) is 22.1 Å². The first-order valence-electron chi connectivity index (χ1n) is 11.8. The minimum absolute atomic E-state index is 0.0972. The lowest BCUT2D eigenvalue weighted by Crippen LogP contribution is -2.19. The van der Waals surface area contributed by atoms with Crippen LogP contribution in [0.5, 0.6) is 0 Å². The quantitative estimate of drug-likeness (QED) is 0.198. The van der Waals surface area contributed by atoms with Gasteiger partial charge in [-0.3, -0.25) is 4.40 Å². The normalized spacial score (nSPS) is 11.7. The third-order valence-electron chi connectivity index (χ3n) is 6.00. The second-order valence-electron chi connectivity index (χ2n) is 8.62. The van der Waals surface area contributed by atoms with E-state index in [2.05, 4.69) is 10.3 Å². The van der Waals surface area contributed by atoms with E-state index in [1.807, 2.05) is 66.2 Å². The highest BCUT2D eigenvalue weighted by atomic mass is 35.5. The SMILES string of the molecule is CCCC[N+](=N)S(=O)(=O)c1ccc(Cn2cc(-c3c(-c4ccc(Cl)cc4)nc4ccccn34)nn2)cc1. The van der Waals surface area contributed by atoms with Crippen LogP contribution < -0.4 is 0 Å². The van der Waals surface area contributed by atoms with E-state index in [1.54, 1.807) is 16.8 Å². The molecule has 37 heavy (non-hydrogen) atoms. The molecule has 3 heterocycles. The maximum Gasteiger partial charge on any atom is 0.417 e. The zero-order chi connectivity index (χ0) is 26.0. The van der Waals surface area contributed by atoms with Gasteiger partial charge >= 0.3 is 10.0 Å². The number of sulfonamides is 1. The Labute approximate surface area is 219 Å². The van der Waals surface area contributed by atoms with Gasteiger partial charge in [0.15, 0.2) is 6.54 Å². The van der Waals surface area contributed by atoms with Crippen molar-refractivity contribution in [3.8, 4) is 22.6 Å². The van der Waals surface area contributed by atoms with E-state index in [-0.39, 0.29) is 11.4 Å². The smallest absolute Gasteiger partial charge is 0.298 e. The summed E-state index contributed by atoms with van der Waals surface area (Å²) in [6, 6.07) is 19.8. The Hall–Kier alpha value is -3.89. The molecule has 0 unspecified atom stereocenters. The minimum atomic E-state index is -3.83. The molecule has 188 valence electrons. The summed E-state index contributed by atoms with van der Waals surface area (Å²) in [6.07, 6.45) is 5.24. The predicted molar refractivity (Wildman–Crippen MR) is 140 cm³/mol. The highest BCUT2D eigenvalue weighted by Gasteiger charge is 2.27. The van der Waals surface area contributed by atoms with E-state index < -0.39 is 10.0 Å². The van der Waals surface area contributed by atoms with Gasteiger partial charge in [0, 0.05) is 23.2 Å². The molecule has 9 nitrogen and oxygen atoms in total. The van der Waals surface area contributed by atoms with Gasteiger partial charge in [0.05, 0.1) is 18.4 Å². The van der Waals surface area contributed by atoms with Crippen LogP contribution in [0.2, 0.25) is 5.02 Å². The fourth-order valence-corrected chi connectivity index (χ4v) is 5.27. The largest absolute Gasteiger partial charge is 0.417 e. The van der Waals surface area contributed by atoms with Crippen LogP contribution in [0.25, 0.3) is 28.3 Å². The fourth-order valence-electron chi connectivity index (χ4n) is 4.04. The van der Waals surface area contributed by atoms with Gasteiger partial charge in [-0.15, -0.1) is 5.10 Å². The van der Waals surface area contributed by atoms with Crippen molar-refractivity contribution < 1.29 is 12.5 Å². The van der Waals surface area contributed by atoms with Crippen molar-refractivity contribution in [3.63, 3.8) is 0 Å².